The lowest BCUT2D eigenvalue weighted by molar-refractivity contribution is -0.112. The van der Waals surface area contributed by atoms with E-state index in [4.69, 9.17) is 0 Å². The van der Waals surface area contributed by atoms with Crippen LogP contribution in [0, 0.1) is 0 Å². The molecular weight excluding hydrogens is 166 g/mol. The summed E-state index contributed by atoms with van der Waals surface area (Å²) in [5.74, 6) is 0. The first-order chi connectivity index (χ1) is 5.22. The van der Waals surface area contributed by atoms with Gasteiger partial charge >= 0.3 is 0 Å². The largest absolute Gasteiger partial charge is 0.755 e. The van der Waals surface area contributed by atoms with Crippen molar-refractivity contribution in [1.82, 2.24) is 4.31 Å². The van der Waals surface area contributed by atoms with Gasteiger partial charge in [0.15, 0.2) is 0 Å². The van der Waals surface area contributed by atoms with E-state index in [9.17, 15) is 13.6 Å². The molecule has 0 radical (unpaired) electrons. The summed E-state index contributed by atoms with van der Waals surface area (Å²) in [6.45, 7) is 1.96. The number of allylic oxidation sites excluding steroid dienone is 1. The zero-order chi connectivity index (χ0) is 8.69. The summed E-state index contributed by atoms with van der Waals surface area (Å²) >= 11 is -2.48. The second-order valence-electron chi connectivity index (χ2n) is 1.86. The first kappa shape index (κ1) is 10.3. The number of nitrogens with zero attached hydrogens (tertiary/aromatic N) is 1. The molecule has 0 spiro atoms. The molecule has 11 heavy (non-hydrogen) atoms. The molecule has 1 amide bonds. The Balaban J connectivity index is 3.86. The molecule has 1 atom stereocenters. The van der Waals surface area contributed by atoms with Gasteiger partial charge in [-0.05, 0) is 6.42 Å². The van der Waals surface area contributed by atoms with Crippen molar-refractivity contribution in [3.63, 3.8) is 0 Å². The van der Waals surface area contributed by atoms with Crippen molar-refractivity contribution < 1.29 is 13.6 Å². The highest BCUT2D eigenvalue weighted by atomic mass is 32.2. The Bertz CT molecular complexity index is 169. The van der Waals surface area contributed by atoms with Crippen molar-refractivity contribution in [3.05, 3.63) is 12.3 Å². The number of amides is 1. The van der Waals surface area contributed by atoms with Gasteiger partial charge in [0.1, 0.15) is 0 Å². The molecule has 0 rings (SSSR count). The number of hydrogen-bond donors (Lipinski definition) is 0. The molecule has 64 valence electrons. The first-order valence-corrected chi connectivity index (χ1v) is 4.25. The molecule has 0 saturated carbocycles. The minimum atomic E-state index is -2.48. The van der Waals surface area contributed by atoms with Crippen LogP contribution in [-0.2, 0) is 16.1 Å². The molecule has 0 fully saturated rings. The predicted octanol–water partition coefficient (Wildman–Crippen LogP) is 0.553. The molecule has 0 aliphatic heterocycles. The van der Waals surface area contributed by atoms with E-state index >= 15 is 0 Å². The average Bonchev–Trinajstić information content (AvgIpc) is 1.97. The number of rotatable bonds is 5. The van der Waals surface area contributed by atoms with Gasteiger partial charge in [-0.2, -0.15) is 0 Å². The lowest BCUT2D eigenvalue weighted by atomic mass is 10.3. The molecule has 0 aliphatic rings. The second kappa shape index (κ2) is 6.06. The molecule has 0 bridgehead atoms. The van der Waals surface area contributed by atoms with Crippen LogP contribution in [-0.4, -0.2) is 19.5 Å². The SMILES string of the molecule is CCCC=CN(C=O)S(=O)[O-]. The van der Waals surface area contributed by atoms with E-state index in [1.807, 2.05) is 6.92 Å². The fourth-order valence-electron chi connectivity index (χ4n) is 0.465. The van der Waals surface area contributed by atoms with Crippen LogP contribution in [0.5, 0.6) is 0 Å². The number of hydrogen-bond acceptors (Lipinski definition) is 3. The monoisotopic (exact) mass is 176 g/mol. The summed E-state index contributed by atoms with van der Waals surface area (Å²) in [5.41, 5.74) is 0. The normalized spacial score (nSPS) is 13.3. The van der Waals surface area contributed by atoms with Gasteiger partial charge < -0.3 is 4.55 Å². The Morgan fingerprint density at radius 1 is 1.64 bits per heavy atom. The highest BCUT2D eigenvalue weighted by molar-refractivity contribution is 7.77. The molecule has 5 heteroatoms. The minimum Gasteiger partial charge on any atom is -0.755 e. The zero-order valence-electron chi connectivity index (χ0n) is 6.23. The lowest BCUT2D eigenvalue weighted by Gasteiger charge is -2.13. The average molecular weight is 176 g/mol. The van der Waals surface area contributed by atoms with Crippen molar-refractivity contribution in [2.45, 2.75) is 19.8 Å². The Labute approximate surface area is 68.3 Å². The highest BCUT2D eigenvalue weighted by Crippen LogP contribution is 1.93. The van der Waals surface area contributed by atoms with Crippen molar-refractivity contribution in [2.75, 3.05) is 0 Å². The summed E-state index contributed by atoms with van der Waals surface area (Å²) in [7, 11) is 0. The number of unbranched alkanes of at least 4 members (excludes halogenated alkanes) is 1. The molecule has 1 unspecified atom stereocenters. The fourth-order valence-corrected chi connectivity index (χ4v) is 0.721. The Hall–Kier alpha value is -0.680. The fraction of sp³-hybridized carbons (Fsp3) is 0.500. The van der Waals surface area contributed by atoms with Crippen molar-refractivity contribution in [1.29, 1.82) is 0 Å². The first-order valence-electron chi connectivity index (χ1n) is 3.22. The van der Waals surface area contributed by atoms with E-state index in [1.165, 1.54) is 6.20 Å². The van der Waals surface area contributed by atoms with Crippen LogP contribution in [0.2, 0.25) is 0 Å². The van der Waals surface area contributed by atoms with Crippen molar-refractivity contribution >= 4 is 17.7 Å². The summed E-state index contributed by atoms with van der Waals surface area (Å²) in [4.78, 5) is 10.0. The second-order valence-corrected chi connectivity index (χ2v) is 2.71. The summed E-state index contributed by atoms with van der Waals surface area (Å²) in [6, 6.07) is 0. The van der Waals surface area contributed by atoms with Crippen LogP contribution in [0.4, 0.5) is 0 Å². The highest BCUT2D eigenvalue weighted by Gasteiger charge is 1.92. The maximum atomic E-state index is 10.2. The minimum absolute atomic E-state index is 0.245. The van der Waals surface area contributed by atoms with E-state index in [0.29, 0.717) is 4.31 Å². The van der Waals surface area contributed by atoms with Gasteiger partial charge in [-0.25, -0.2) is 0 Å². The van der Waals surface area contributed by atoms with Crippen molar-refractivity contribution in [2.24, 2.45) is 0 Å². The number of carbonyl (C=O) groups excluding carboxylic acids is 1. The van der Waals surface area contributed by atoms with Crippen LogP contribution in [0.25, 0.3) is 0 Å². The summed E-state index contributed by atoms with van der Waals surface area (Å²) < 4.78 is 20.9. The predicted molar refractivity (Wildman–Crippen MR) is 40.9 cm³/mol. The van der Waals surface area contributed by atoms with Gasteiger partial charge in [0.2, 0.25) is 6.41 Å². The van der Waals surface area contributed by atoms with E-state index in [2.05, 4.69) is 0 Å². The van der Waals surface area contributed by atoms with Gasteiger partial charge in [-0.15, -0.1) is 0 Å². The molecule has 0 aromatic carbocycles. The standard InChI is InChI=1S/C6H11NO3S/c1-2-3-4-5-7(6-8)11(9)10/h4-6H,2-3H2,1H3,(H,9,10)/p-1. The van der Waals surface area contributed by atoms with Gasteiger partial charge in [0, 0.05) is 6.20 Å². The molecule has 0 heterocycles. The van der Waals surface area contributed by atoms with E-state index in [-0.39, 0.29) is 6.41 Å². The molecule has 0 aromatic heterocycles. The van der Waals surface area contributed by atoms with Crippen LogP contribution in [0.1, 0.15) is 19.8 Å². The third-order valence-corrected chi connectivity index (χ3v) is 1.54. The zero-order valence-corrected chi connectivity index (χ0v) is 7.04. The molecule has 0 aromatic rings. The smallest absolute Gasteiger partial charge is 0.224 e. The van der Waals surface area contributed by atoms with Gasteiger partial charge in [0.05, 0.1) is 11.3 Å². The van der Waals surface area contributed by atoms with Gasteiger partial charge in [0.25, 0.3) is 0 Å². The van der Waals surface area contributed by atoms with E-state index in [1.54, 1.807) is 6.08 Å². The molecule has 4 nitrogen and oxygen atoms in total. The summed E-state index contributed by atoms with van der Waals surface area (Å²) in [5, 5.41) is 0. The summed E-state index contributed by atoms with van der Waals surface area (Å²) in [6.07, 6.45) is 4.80. The maximum absolute atomic E-state index is 10.2. The quantitative estimate of drug-likeness (QED) is 0.454. The Morgan fingerprint density at radius 3 is 2.64 bits per heavy atom. The maximum Gasteiger partial charge on any atom is 0.224 e. The molecule has 0 saturated heterocycles. The van der Waals surface area contributed by atoms with Crippen LogP contribution < -0.4 is 0 Å². The van der Waals surface area contributed by atoms with E-state index in [0.717, 1.165) is 12.8 Å². The van der Waals surface area contributed by atoms with Crippen LogP contribution in [0.15, 0.2) is 12.3 Å². The van der Waals surface area contributed by atoms with Crippen LogP contribution >= 0.6 is 0 Å². The molecular formula is C6H10NO3S-. The van der Waals surface area contributed by atoms with Crippen LogP contribution in [0.3, 0.4) is 0 Å². The topological polar surface area (TPSA) is 60.4 Å². The van der Waals surface area contributed by atoms with E-state index < -0.39 is 11.3 Å². The van der Waals surface area contributed by atoms with Gasteiger partial charge in [-0.1, -0.05) is 19.4 Å². The third kappa shape index (κ3) is 4.69. The van der Waals surface area contributed by atoms with Gasteiger partial charge in [-0.3, -0.25) is 13.3 Å². The molecule has 0 N–H and O–H groups in total. The molecule has 0 aliphatic carbocycles. The number of carbonyl (C=O) groups is 1. The Kier molecular flexibility index (Phi) is 5.68. The lowest BCUT2D eigenvalue weighted by Crippen LogP contribution is -2.16. The Morgan fingerprint density at radius 2 is 2.27 bits per heavy atom. The van der Waals surface area contributed by atoms with Crippen molar-refractivity contribution in [3.8, 4) is 0 Å². The third-order valence-electron chi connectivity index (χ3n) is 0.984.